The van der Waals surface area contributed by atoms with Gasteiger partial charge in [0.05, 0.1) is 12.1 Å². The molecule has 3 amide bonds. The number of hydrogen-bond donors (Lipinski definition) is 1. The molecule has 0 bridgehead atoms. The Morgan fingerprint density at radius 3 is 2.43 bits per heavy atom. The van der Waals surface area contributed by atoms with Crippen LogP contribution in [0.1, 0.15) is 30.1 Å². The molecular formula is C25H27F2N3O5. The van der Waals surface area contributed by atoms with Crippen molar-refractivity contribution in [2.45, 2.75) is 19.8 Å². The molecule has 35 heavy (non-hydrogen) atoms. The van der Waals surface area contributed by atoms with Crippen molar-refractivity contribution in [2.75, 3.05) is 44.7 Å². The monoisotopic (exact) mass is 487 g/mol. The van der Waals surface area contributed by atoms with Crippen LogP contribution in [-0.4, -0.2) is 66.9 Å². The average Bonchev–Trinajstić information content (AvgIpc) is 2.86. The molecular weight excluding hydrogens is 460 g/mol. The van der Waals surface area contributed by atoms with Crippen molar-refractivity contribution < 1.29 is 32.6 Å². The zero-order chi connectivity index (χ0) is 24.9. The van der Waals surface area contributed by atoms with E-state index in [1.165, 1.54) is 9.80 Å². The Morgan fingerprint density at radius 2 is 1.74 bits per heavy atom. The van der Waals surface area contributed by atoms with E-state index < -0.39 is 17.5 Å². The van der Waals surface area contributed by atoms with E-state index in [9.17, 15) is 23.2 Å². The smallest absolute Gasteiger partial charge is 0.256 e. The van der Waals surface area contributed by atoms with Gasteiger partial charge in [-0.25, -0.2) is 8.78 Å². The maximum Gasteiger partial charge on any atom is 0.256 e. The van der Waals surface area contributed by atoms with Crippen molar-refractivity contribution in [1.29, 1.82) is 0 Å². The van der Waals surface area contributed by atoms with Gasteiger partial charge in [-0.05, 0) is 44.0 Å². The highest BCUT2D eigenvalue weighted by atomic mass is 19.1. The van der Waals surface area contributed by atoms with E-state index in [1.54, 1.807) is 25.1 Å². The predicted molar refractivity (Wildman–Crippen MR) is 123 cm³/mol. The van der Waals surface area contributed by atoms with Gasteiger partial charge in [-0.1, -0.05) is 0 Å². The number of amides is 3. The van der Waals surface area contributed by atoms with Crippen LogP contribution in [0.15, 0.2) is 36.4 Å². The van der Waals surface area contributed by atoms with Gasteiger partial charge in [-0.3, -0.25) is 14.4 Å². The predicted octanol–water partition coefficient (Wildman–Crippen LogP) is 3.08. The molecule has 2 heterocycles. The molecule has 0 atom stereocenters. The summed E-state index contributed by atoms with van der Waals surface area (Å²) in [7, 11) is 0. The van der Waals surface area contributed by atoms with Gasteiger partial charge in [0.1, 0.15) is 24.8 Å². The number of carbonyl (C=O) groups is 3. The topological polar surface area (TPSA) is 88.2 Å². The van der Waals surface area contributed by atoms with E-state index in [4.69, 9.17) is 9.47 Å². The summed E-state index contributed by atoms with van der Waals surface area (Å²) in [6, 6.07) is 7.96. The second-order valence-corrected chi connectivity index (χ2v) is 8.45. The quantitative estimate of drug-likeness (QED) is 0.677. The molecule has 0 unspecified atom stereocenters. The molecule has 0 aromatic heterocycles. The first kappa shape index (κ1) is 24.4. The van der Waals surface area contributed by atoms with E-state index in [-0.39, 0.29) is 42.9 Å². The Balaban J connectivity index is 1.30. The molecule has 1 N–H and O–H groups in total. The number of likely N-dealkylation sites (N-methyl/N-ethyl adjacent to an activating group) is 1. The number of fused-ring (bicyclic) bond motifs is 1. The van der Waals surface area contributed by atoms with Gasteiger partial charge in [0.15, 0.2) is 11.5 Å². The lowest BCUT2D eigenvalue weighted by Gasteiger charge is -2.34. The SMILES string of the molecule is CCN(CC(=O)Nc1ccc2c(c1)OCCO2)C(=O)C1CCN(C(=O)c2ccc(F)cc2F)CC1. The van der Waals surface area contributed by atoms with Crippen molar-refractivity contribution in [2.24, 2.45) is 5.92 Å². The first-order valence-electron chi connectivity index (χ1n) is 11.6. The molecule has 2 aliphatic rings. The summed E-state index contributed by atoms with van der Waals surface area (Å²) in [5, 5.41) is 2.78. The van der Waals surface area contributed by atoms with Gasteiger partial charge >= 0.3 is 0 Å². The molecule has 0 spiro atoms. The number of anilines is 1. The van der Waals surface area contributed by atoms with Gasteiger partial charge < -0.3 is 24.6 Å². The van der Waals surface area contributed by atoms with Crippen molar-refractivity contribution in [1.82, 2.24) is 9.80 Å². The Kier molecular flexibility index (Phi) is 7.48. The summed E-state index contributed by atoms with van der Waals surface area (Å²) in [5.41, 5.74) is 0.352. The minimum Gasteiger partial charge on any atom is -0.486 e. The number of nitrogens with one attached hydrogen (secondary N) is 1. The van der Waals surface area contributed by atoms with Crippen molar-refractivity contribution >= 4 is 23.4 Å². The van der Waals surface area contributed by atoms with Gasteiger partial charge in [-0.15, -0.1) is 0 Å². The van der Waals surface area contributed by atoms with Crippen molar-refractivity contribution in [3.8, 4) is 11.5 Å². The van der Waals surface area contributed by atoms with Crippen LogP contribution < -0.4 is 14.8 Å². The normalized spacial score (nSPS) is 15.5. The summed E-state index contributed by atoms with van der Waals surface area (Å²) in [6.45, 7) is 3.50. The fourth-order valence-corrected chi connectivity index (χ4v) is 4.26. The van der Waals surface area contributed by atoms with Gasteiger partial charge in [-0.2, -0.15) is 0 Å². The molecule has 1 saturated heterocycles. The van der Waals surface area contributed by atoms with Crippen molar-refractivity contribution in [3.63, 3.8) is 0 Å². The van der Waals surface area contributed by atoms with E-state index in [2.05, 4.69) is 5.32 Å². The molecule has 0 saturated carbocycles. The fraction of sp³-hybridized carbons (Fsp3) is 0.400. The first-order chi connectivity index (χ1) is 16.9. The van der Waals surface area contributed by atoms with E-state index >= 15 is 0 Å². The third-order valence-electron chi connectivity index (χ3n) is 6.15. The number of halogens is 2. The maximum atomic E-state index is 14.0. The highest BCUT2D eigenvalue weighted by Gasteiger charge is 2.31. The van der Waals surface area contributed by atoms with Gasteiger partial charge in [0.25, 0.3) is 5.91 Å². The zero-order valence-electron chi connectivity index (χ0n) is 19.4. The molecule has 4 rings (SSSR count). The lowest BCUT2D eigenvalue weighted by molar-refractivity contribution is -0.139. The molecule has 2 aromatic rings. The molecule has 2 aliphatic heterocycles. The van der Waals surface area contributed by atoms with E-state index in [1.807, 2.05) is 0 Å². The van der Waals surface area contributed by atoms with Gasteiger partial charge in [0.2, 0.25) is 11.8 Å². The molecule has 8 nitrogen and oxygen atoms in total. The fourth-order valence-electron chi connectivity index (χ4n) is 4.26. The average molecular weight is 488 g/mol. The summed E-state index contributed by atoms with van der Waals surface area (Å²) >= 11 is 0. The summed E-state index contributed by atoms with van der Waals surface area (Å²) < 4.78 is 38.1. The number of carbonyl (C=O) groups excluding carboxylic acids is 3. The minimum atomic E-state index is -0.908. The van der Waals surface area contributed by atoms with E-state index in [0.29, 0.717) is 55.9 Å². The number of rotatable bonds is 6. The number of ether oxygens (including phenoxy) is 2. The Morgan fingerprint density at radius 1 is 1.03 bits per heavy atom. The highest BCUT2D eigenvalue weighted by Crippen LogP contribution is 2.32. The molecule has 10 heteroatoms. The van der Waals surface area contributed by atoms with Crippen LogP contribution in [0.25, 0.3) is 0 Å². The second kappa shape index (κ2) is 10.7. The third kappa shape index (κ3) is 5.70. The Labute approximate surface area is 201 Å². The summed E-state index contributed by atoms with van der Waals surface area (Å²) in [6.07, 6.45) is 0.793. The number of nitrogens with zero attached hydrogens (tertiary/aromatic N) is 2. The summed E-state index contributed by atoms with van der Waals surface area (Å²) in [5.74, 6) is -1.86. The lowest BCUT2D eigenvalue weighted by atomic mass is 9.94. The Hall–Kier alpha value is -3.69. The molecule has 2 aromatic carbocycles. The van der Waals surface area contributed by atoms with Gasteiger partial charge in [0, 0.05) is 43.4 Å². The maximum absolute atomic E-state index is 14.0. The van der Waals surface area contributed by atoms with E-state index in [0.717, 1.165) is 12.1 Å². The molecule has 0 aliphatic carbocycles. The summed E-state index contributed by atoms with van der Waals surface area (Å²) in [4.78, 5) is 41.2. The third-order valence-corrected chi connectivity index (χ3v) is 6.15. The van der Waals surface area contributed by atoms with Crippen LogP contribution in [0, 0.1) is 17.6 Å². The Bertz CT molecular complexity index is 1120. The number of benzene rings is 2. The lowest BCUT2D eigenvalue weighted by Crippen LogP contribution is -2.46. The first-order valence-corrected chi connectivity index (χ1v) is 11.6. The standard InChI is InChI=1S/C25H27F2N3O5/c1-2-29(15-23(31)28-18-4-6-21-22(14-18)35-12-11-34-21)24(32)16-7-9-30(10-8-16)25(33)19-5-3-17(26)13-20(19)27/h3-6,13-14,16H,2,7-12,15H2,1H3,(H,28,31). The molecule has 186 valence electrons. The van der Waals surface area contributed by atoms with Crippen LogP contribution in [0.4, 0.5) is 14.5 Å². The number of piperidine rings is 1. The van der Waals surface area contributed by atoms with Crippen LogP contribution in [0.5, 0.6) is 11.5 Å². The second-order valence-electron chi connectivity index (χ2n) is 8.45. The number of hydrogen-bond acceptors (Lipinski definition) is 5. The largest absolute Gasteiger partial charge is 0.486 e. The van der Waals surface area contributed by atoms with Crippen LogP contribution in [0.2, 0.25) is 0 Å². The minimum absolute atomic E-state index is 0.107. The zero-order valence-corrected chi connectivity index (χ0v) is 19.4. The van der Waals surface area contributed by atoms with Crippen molar-refractivity contribution in [3.05, 3.63) is 53.6 Å². The van der Waals surface area contributed by atoms with Crippen LogP contribution >= 0.6 is 0 Å². The molecule has 1 fully saturated rings. The number of likely N-dealkylation sites (tertiary alicyclic amines) is 1. The molecule has 0 radical (unpaired) electrons. The highest BCUT2D eigenvalue weighted by molar-refractivity contribution is 5.96. The van der Waals surface area contributed by atoms with Crippen LogP contribution in [0.3, 0.4) is 0 Å². The van der Waals surface area contributed by atoms with Crippen LogP contribution in [-0.2, 0) is 9.59 Å².